The van der Waals surface area contributed by atoms with Gasteiger partial charge >= 0.3 is 12.1 Å². The molecule has 0 spiro atoms. The zero-order chi connectivity index (χ0) is 22.1. The molecule has 0 saturated carbocycles. The van der Waals surface area contributed by atoms with Gasteiger partial charge in [-0.15, -0.1) is 0 Å². The molecule has 0 aromatic carbocycles. The molecule has 0 rings (SSSR count). The van der Waals surface area contributed by atoms with Crippen molar-refractivity contribution in [2.75, 3.05) is 6.61 Å². The standard InChI is InChI=1S/C20H37N3O6/c1-3-4-5-6-7-8-9-10-11-12-13-29-20(28)23-16(14-17(21)24)18(25)22-15(2)19(26)27/h15-16H,3-14H2,1-2H3,(H2,21,24)(H,22,25)(H,23,28)(H,26,27)/t15-,16+/m0/s1. The fourth-order valence-electron chi connectivity index (χ4n) is 2.72. The van der Waals surface area contributed by atoms with Gasteiger partial charge in [0.1, 0.15) is 12.1 Å². The van der Waals surface area contributed by atoms with Gasteiger partial charge < -0.3 is 26.2 Å². The molecule has 9 nitrogen and oxygen atoms in total. The van der Waals surface area contributed by atoms with Gasteiger partial charge in [0.15, 0.2) is 0 Å². The Morgan fingerprint density at radius 3 is 1.90 bits per heavy atom. The number of primary amides is 1. The van der Waals surface area contributed by atoms with Crippen molar-refractivity contribution in [3.63, 3.8) is 0 Å². The van der Waals surface area contributed by atoms with Crippen LogP contribution in [0.1, 0.15) is 84.5 Å². The van der Waals surface area contributed by atoms with E-state index in [-0.39, 0.29) is 6.61 Å². The number of hydrogen-bond donors (Lipinski definition) is 4. The average molecular weight is 416 g/mol. The van der Waals surface area contributed by atoms with Crippen molar-refractivity contribution in [2.45, 2.75) is 96.6 Å². The zero-order valence-corrected chi connectivity index (χ0v) is 17.7. The predicted octanol–water partition coefficient (Wildman–Crippen LogP) is 2.47. The van der Waals surface area contributed by atoms with E-state index in [1.165, 1.54) is 51.9 Å². The first-order chi connectivity index (χ1) is 13.8. The van der Waals surface area contributed by atoms with Gasteiger partial charge in [-0.1, -0.05) is 64.7 Å². The Morgan fingerprint density at radius 1 is 0.897 bits per heavy atom. The minimum Gasteiger partial charge on any atom is -0.480 e. The summed E-state index contributed by atoms with van der Waals surface area (Å²) in [5.74, 6) is -2.85. The molecule has 168 valence electrons. The third-order valence-corrected chi connectivity index (χ3v) is 4.47. The van der Waals surface area contributed by atoms with Crippen LogP contribution >= 0.6 is 0 Å². The monoisotopic (exact) mass is 415 g/mol. The van der Waals surface area contributed by atoms with Gasteiger partial charge in [0.25, 0.3) is 0 Å². The highest BCUT2D eigenvalue weighted by atomic mass is 16.5. The van der Waals surface area contributed by atoms with E-state index in [1.54, 1.807) is 0 Å². The summed E-state index contributed by atoms with van der Waals surface area (Å²) < 4.78 is 5.03. The fraction of sp³-hybridized carbons (Fsp3) is 0.800. The van der Waals surface area contributed by atoms with E-state index in [1.807, 2.05) is 0 Å². The summed E-state index contributed by atoms with van der Waals surface area (Å²) in [5.41, 5.74) is 5.08. The lowest BCUT2D eigenvalue weighted by molar-refractivity contribution is -0.141. The lowest BCUT2D eigenvalue weighted by atomic mass is 10.1. The van der Waals surface area contributed by atoms with Crippen LogP contribution in [0.2, 0.25) is 0 Å². The lowest BCUT2D eigenvalue weighted by Crippen LogP contribution is -2.52. The second-order valence-corrected chi connectivity index (χ2v) is 7.25. The van der Waals surface area contributed by atoms with Crippen molar-refractivity contribution in [3.05, 3.63) is 0 Å². The molecule has 0 aliphatic carbocycles. The van der Waals surface area contributed by atoms with Crippen LogP contribution in [0.5, 0.6) is 0 Å². The number of aliphatic carboxylic acids is 1. The molecule has 3 amide bonds. The van der Waals surface area contributed by atoms with Crippen LogP contribution in [0.4, 0.5) is 4.79 Å². The van der Waals surface area contributed by atoms with E-state index in [0.717, 1.165) is 12.8 Å². The number of hydrogen-bond acceptors (Lipinski definition) is 5. The third-order valence-electron chi connectivity index (χ3n) is 4.47. The van der Waals surface area contributed by atoms with Crippen LogP contribution in [-0.2, 0) is 19.1 Å². The van der Waals surface area contributed by atoms with Crippen LogP contribution in [-0.4, -0.2) is 47.7 Å². The number of ether oxygens (including phenoxy) is 1. The van der Waals surface area contributed by atoms with E-state index in [4.69, 9.17) is 15.6 Å². The molecule has 29 heavy (non-hydrogen) atoms. The Kier molecular flexibility index (Phi) is 15.3. The minimum absolute atomic E-state index is 0.207. The zero-order valence-electron chi connectivity index (χ0n) is 17.7. The van der Waals surface area contributed by atoms with Gasteiger partial charge in [0.05, 0.1) is 13.0 Å². The molecule has 0 aromatic rings. The van der Waals surface area contributed by atoms with Crippen LogP contribution in [0, 0.1) is 0 Å². The first-order valence-corrected chi connectivity index (χ1v) is 10.5. The molecule has 0 radical (unpaired) electrons. The Hall–Kier alpha value is -2.32. The Morgan fingerprint density at radius 2 is 1.41 bits per heavy atom. The van der Waals surface area contributed by atoms with E-state index in [0.29, 0.717) is 6.42 Å². The molecule has 0 aromatic heterocycles. The number of carboxylic acids is 1. The highest BCUT2D eigenvalue weighted by Crippen LogP contribution is 2.10. The van der Waals surface area contributed by atoms with Crippen molar-refractivity contribution in [1.82, 2.24) is 10.6 Å². The number of amides is 3. The molecule has 0 aliphatic rings. The molecule has 0 unspecified atom stereocenters. The Bertz CT molecular complexity index is 512. The van der Waals surface area contributed by atoms with Gasteiger partial charge in [0.2, 0.25) is 11.8 Å². The van der Waals surface area contributed by atoms with E-state index >= 15 is 0 Å². The molecular formula is C20H37N3O6. The maximum absolute atomic E-state index is 12.0. The summed E-state index contributed by atoms with van der Waals surface area (Å²) >= 11 is 0. The minimum atomic E-state index is -1.28. The van der Waals surface area contributed by atoms with Crippen molar-refractivity contribution < 1.29 is 29.0 Å². The van der Waals surface area contributed by atoms with Crippen molar-refractivity contribution >= 4 is 23.9 Å². The number of carboxylic acid groups (broad SMARTS) is 1. The summed E-state index contributed by atoms with van der Waals surface area (Å²) in [6.07, 6.45) is 10.3. The quantitative estimate of drug-likeness (QED) is 0.268. The van der Waals surface area contributed by atoms with Crippen molar-refractivity contribution in [2.24, 2.45) is 5.73 Å². The molecule has 9 heteroatoms. The van der Waals surface area contributed by atoms with E-state index < -0.39 is 42.4 Å². The molecule has 2 atom stereocenters. The summed E-state index contributed by atoms with van der Waals surface area (Å²) in [7, 11) is 0. The largest absolute Gasteiger partial charge is 0.480 e. The van der Waals surface area contributed by atoms with Crippen molar-refractivity contribution in [3.8, 4) is 0 Å². The molecule has 0 fully saturated rings. The van der Waals surface area contributed by atoms with Gasteiger partial charge in [-0.3, -0.25) is 14.4 Å². The highest BCUT2D eigenvalue weighted by molar-refractivity contribution is 5.92. The Balaban J connectivity index is 4.00. The second-order valence-electron chi connectivity index (χ2n) is 7.25. The molecule has 0 heterocycles. The first kappa shape index (κ1) is 26.7. The van der Waals surface area contributed by atoms with Crippen LogP contribution in [0.3, 0.4) is 0 Å². The summed E-state index contributed by atoms with van der Waals surface area (Å²) in [4.78, 5) is 45.8. The summed E-state index contributed by atoms with van der Waals surface area (Å²) in [6, 6.07) is -2.45. The van der Waals surface area contributed by atoms with Crippen LogP contribution < -0.4 is 16.4 Å². The smallest absolute Gasteiger partial charge is 0.407 e. The normalized spacial score (nSPS) is 12.6. The van der Waals surface area contributed by atoms with Crippen LogP contribution in [0.15, 0.2) is 0 Å². The fourth-order valence-corrected chi connectivity index (χ4v) is 2.72. The van der Waals surface area contributed by atoms with Crippen molar-refractivity contribution in [1.29, 1.82) is 0 Å². The maximum atomic E-state index is 12.0. The molecule has 5 N–H and O–H groups in total. The van der Waals surface area contributed by atoms with Gasteiger partial charge in [-0.25, -0.2) is 4.79 Å². The summed E-state index contributed by atoms with van der Waals surface area (Å²) in [5, 5.41) is 13.3. The molecule has 0 saturated heterocycles. The maximum Gasteiger partial charge on any atom is 0.407 e. The Labute approximate surface area is 173 Å². The average Bonchev–Trinajstić information content (AvgIpc) is 2.65. The predicted molar refractivity (Wildman–Crippen MR) is 109 cm³/mol. The molecular weight excluding hydrogens is 378 g/mol. The van der Waals surface area contributed by atoms with Gasteiger partial charge in [0, 0.05) is 0 Å². The van der Waals surface area contributed by atoms with Crippen LogP contribution in [0.25, 0.3) is 0 Å². The van der Waals surface area contributed by atoms with E-state index in [2.05, 4.69) is 17.6 Å². The number of unbranched alkanes of at least 4 members (excludes halogenated alkanes) is 9. The van der Waals surface area contributed by atoms with E-state index in [9.17, 15) is 19.2 Å². The number of rotatable bonds is 17. The first-order valence-electron chi connectivity index (χ1n) is 10.5. The number of carbonyl (C=O) groups is 4. The lowest BCUT2D eigenvalue weighted by Gasteiger charge is -2.18. The number of alkyl carbamates (subject to hydrolysis) is 1. The van der Waals surface area contributed by atoms with Gasteiger partial charge in [-0.2, -0.15) is 0 Å². The second kappa shape index (κ2) is 16.6. The molecule has 0 aliphatic heterocycles. The summed E-state index contributed by atoms with van der Waals surface area (Å²) in [6.45, 7) is 3.68. The number of nitrogens with two attached hydrogens (primary N) is 1. The van der Waals surface area contributed by atoms with Gasteiger partial charge in [-0.05, 0) is 13.3 Å². The highest BCUT2D eigenvalue weighted by Gasteiger charge is 2.26. The number of nitrogens with one attached hydrogen (secondary N) is 2. The number of carbonyl (C=O) groups excluding carboxylic acids is 3. The topological polar surface area (TPSA) is 148 Å². The SMILES string of the molecule is CCCCCCCCCCCCOC(=O)N[C@H](CC(N)=O)C(=O)N[C@@H](C)C(=O)O. The molecule has 0 bridgehead atoms. The third kappa shape index (κ3) is 15.3.